The van der Waals surface area contributed by atoms with E-state index < -0.39 is 6.10 Å². The summed E-state index contributed by atoms with van der Waals surface area (Å²) in [5.41, 5.74) is 1.54. The van der Waals surface area contributed by atoms with Gasteiger partial charge >= 0.3 is 0 Å². The molecule has 4 aromatic rings. The predicted octanol–water partition coefficient (Wildman–Crippen LogP) is 3.35. The summed E-state index contributed by atoms with van der Waals surface area (Å²) in [6.45, 7) is 6.68. The van der Waals surface area contributed by atoms with Gasteiger partial charge in [-0.2, -0.15) is 4.98 Å². The number of aliphatic hydroxyl groups is 1. The SMILES string of the molecule is Cc1nc2ccc(OC[C@@H](O)CN3CCN(Cc4noc(-c5cccc(F)c5)n4)CC3)cc2s1. The molecule has 0 aliphatic carbocycles. The van der Waals surface area contributed by atoms with Gasteiger partial charge in [0.25, 0.3) is 5.89 Å². The molecular weight excluding hydrogens is 457 g/mol. The molecule has 0 amide bonds. The monoisotopic (exact) mass is 483 g/mol. The zero-order valence-electron chi connectivity index (χ0n) is 18.9. The van der Waals surface area contributed by atoms with E-state index in [9.17, 15) is 9.50 Å². The summed E-state index contributed by atoms with van der Waals surface area (Å²) in [5.74, 6) is 1.31. The van der Waals surface area contributed by atoms with Crippen molar-refractivity contribution in [2.75, 3.05) is 39.3 Å². The van der Waals surface area contributed by atoms with Gasteiger partial charge < -0.3 is 14.4 Å². The van der Waals surface area contributed by atoms with Crippen molar-refractivity contribution in [3.8, 4) is 17.2 Å². The average molecular weight is 484 g/mol. The average Bonchev–Trinajstić information content (AvgIpc) is 3.44. The lowest BCUT2D eigenvalue weighted by molar-refractivity contribution is 0.0440. The Morgan fingerprint density at radius 2 is 1.94 bits per heavy atom. The Morgan fingerprint density at radius 3 is 2.76 bits per heavy atom. The van der Waals surface area contributed by atoms with Gasteiger partial charge in [-0.15, -0.1) is 11.3 Å². The van der Waals surface area contributed by atoms with Gasteiger partial charge in [-0.3, -0.25) is 9.80 Å². The van der Waals surface area contributed by atoms with Gasteiger partial charge in [-0.1, -0.05) is 11.2 Å². The maximum absolute atomic E-state index is 13.4. The number of benzene rings is 2. The molecular formula is C24H26FN5O3S. The first-order chi connectivity index (χ1) is 16.5. The van der Waals surface area contributed by atoms with Crippen LogP contribution in [0.1, 0.15) is 10.8 Å². The van der Waals surface area contributed by atoms with E-state index in [4.69, 9.17) is 9.26 Å². The Morgan fingerprint density at radius 1 is 1.12 bits per heavy atom. The molecule has 0 bridgehead atoms. The molecule has 10 heteroatoms. The number of hydrogen-bond donors (Lipinski definition) is 1. The van der Waals surface area contributed by atoms with Crippen LogP contribution in [0.3, 0.4) is 0 Å². The Hall–Kier alpha value is -2.92. The van der Waals surface area contributed by atoms with Crippen molar-refractivity contribution in [1.29, 1.82) is 0 Å². The fourth-order valence-electron chi connectivity index (χ4n) is 4.04. The molecule has 5 rings (SSSR count). The van der Waals surface area contributed by atoms with Crippen molar-refractivity contribution in [3.05, 3.63) is 59.1 Å². The number of piperazine rings is 1. The largest absolute Gasteiger partial charge is 0.491 e. The molecule has 2 aromatic carbocycles. The third-order valence-corrected chi connectivity index (χ3v) is 6.68. The van der Waals surface area contributed by atoms with Crippen molar-refractivity contribution in [2.45, 2.75) is 19.6 Å². The van der Waals surface area contributed by atoms with E-state index >= 15 is 0 Å². The minimum Gasteiger partial charge on any atom is -0.491 e. The molecule has 1 aliphatic rings. The van der Waals surface area contributed by atoms with Crippen LogP contribution in [0.5, 0.6) is 5.75 Å². The van der Waals surface area contributed by atoms with Crippen LogP contribution >= 0.6 is 11.3 Å². The van der Waals surface area contributed by atoms with Gasteiger partial charge in [0, 0.05) is 38.3 Å². The molecule has 8 nitrogen and oxygen atoms in total. The molecule has 1 fully saturated rings. The first-order valence-electron chi connectivity index (χ1n) is 11.2. The molecule has 1 saturated heterocycles. The van der Waals surface area contributed by atoms with Crippen molar-refractivity contribution < 1.29 is 18.8 Å². The highest BCUT2D eigenvalue weighted by atomic mass is 32.1. The summed E-state index contributed by atoms with van der Waals surface area (Å²) in [4.78, 5) is 13.3. The fraction of sp³-hybridized carbons (Fsp3) is 0.375. The number of rotatable bonds is 8. The lowest BCUT2D eigenvalue weighted by Gasteiger charge is -2.34. The number of thiazole rings is 1. The Labute approximate surface area is 200 Å². The topological polar surface area (TPSA) is 87.8 Å². The Bertz CT molecular complexity index is 1250. The number of fused-ring (bicyclic) bond motifs is 1. The Kier molecular flexibility index (Phi) is 6.82. The first kappa shape index (κ1) is 22.9. The number of aliphatic hydroxyl groups excluding tert-OH is 1. The number of β-amino-alcohol motifs (C(OH)–C–C–N with tert-alkyl or cyclic N) is 1. The highest BCUT2D eigenvalue weighted by Crippen LogP contribution is 2.26. The smallest absolute Gasteiger partial charge is 0.258 e. The molecule has 0 spiro atoms. The van der Waals surface area contributed by atoms with E-state index in [0.717, 1.165) is 47.2 Å². The van der Waals surface area contributed by atoms with E-state index in [1.54, 1.807) is 23.5 Å². The molecule has 178 valence electrons. The van der Waals surface area contributed by atoms with E-state index in [0.29, 0.717) is 30.4 Å². The maximum Gasteiger partial charge on any atom is 0.258 e. The van der Waals surface area contributed by atoms with Crippen LogP contribution in [0.4, 0.5) is 4.39 Å². The summed E-state index contributed by atoms with van der Waals surface area (Å²) >= 11 is 1.63. The molecule has 0 saturated carbocycles. The second-order valence-corrected chi connectivity index (χ2v) is 9.66. The highest BCUT2D eigenvalue weighted by molar-refractivity contribution is 7.18. The minimum atomic E-state index is -0.573. The number of halogens is 1. The summed E-state index contributed by atoms with van der Waals surface area (Å²) in [6.07, 6.45) is -0.573. The summed E-state index contributed by atoms with van der Waals surface area (Å²) in [5, 5.41) is 15.5. The molecule has 1 N–H and O–H groups in total. The number of ether oxygens (including phenoxy) is 1. The second kappa shape index (κ2) is 10.1. The van der Waals surface area contributed by atoms with E-state index in [1.165, 1.54) is 12.1 Å². The number of hydrogen-bond acceptors (Lipinski definition) is 9. The number of aryl methyl sites for hydroxylation is 1. The lowest BCUT2D eigenvalue weighted by atomic mass is 10.2. The van der Waals surface area contributed by atoms with Gasteiger partial charge in [0.2, 0.25) is 0 Å². The summed E-state index contributed by atoms with van der Waals surface area (Å²) in [7, 11) is 0. The normalized spacial score (nSPS) is 16.2. The molecule has 0 unspecified atom stereocenters. The summed E-state index contributed by atoms with van der Waals surface area (Å²) in [6, 6.07) is 11.9. The van der Waals surface area contributed by atoms with Crippen LogP contribution in [0.2, 0.25) is 0 Å². The van der Waals surface area contributed by atoms with E-state index in [2.05, 4.69) is 24.9 Å². The van der Waals surface area contributed by atoms with Gasteiger partial charge in [0.15, 0.2) is 5.82 Å². The molecule has 1 atom stereocenters. The van der Waals surface area contributed by atoms with Crippen LogP contribution < -0.4 is 4.74 Å². The summed E-state index contributed by atoms with van der Waals surface area (Å²) < 4.78 is 25.6. The van der Waals surface area contributed by atoms with E-state index in [-0.39, 0.29) is 12.4 Å². The molecule has 0 radical (unpaired) electrons. The van der Waals surface area contributed by atoms with Gasteiger partial charge in [-0.25, -0.2) is 9.37 Å². The molecule has 2 aromatic heterocycles. The quantitative estimate of drug-likeness (QED) is 0.408. The highest BCUT2D eigenvalue weighted by Gasteiger charge is 2.21. The maximum atomic E-state index is 13.4. The van der Waals surface area contributed by atoms with Crippen LogP contribution in [0, 0.1) is 12.7 Å². The number of nitrogens with zero attached hydrogens (tertiary/aromatic N) is 5. The minimum absolute atomic E-state index is 0.245. The fourth-order valence-corrected chi connectivity index (χ4v) is 4.90. The Balaban J connectivity index is 1.06. The van der Waals surface area contributed by atoms with Crippen molar-refractivity contribution in [2.24, 2.45) is 0 Å². The lowest BCUT2D eigenvalue weighted by Crippen LogP contribution is -2.48. The molecule has 3 heterocycles. The predicted molar refractivity (Wildman–Crippen MR) is 127 cm³/mol. The van der Waals surface area contributed by atoms with Crippen LogP contribution in [0.15, 0.2) is 47.0 Å². The van der Waals surface area contributed by atoms with Gasteiger partial charge in [0.1, 0.15) is 24.3 Å². The first-order valence-corrected chi connectivity index (χ1v) is 12.0. The van der Waals surface area contributed by atoms with Crippen LogP contribution in [-0.4, -0.2) is 75.5 Å². The van der Waals surface area contributed by atoms with Crippen molar-refractivity contribution in [3.63, 3.8) is 0 Å². The van der Waals surface area contributed by atoms with Crippen LogP contribution in [0.25, 0.3) is 21.7 Å². The zero-order chi connectivity index (χ0) is 23.5. The second-order valence-electron chi connectivity index (χ2n) is 8.43. The van der Waals surface area contributed by atoms with Crippen molar-refractivity contribution in [1.82, 2.24) is 24.9 Å². The zero-order valence-corrected chi connectivity index (χ0v) is 19.7. The van der Waals surface area contributed by atoms with Gasteiger partial charge in [0.05, 0.1) is 21.8 Å². The van der Waals surface area contributed by atoms with E-state index in [1.807, 2.05) is 25.1 Å². The number of aromatic nitrogens is 3. The third-order valence-electron chi connectivity index (χ3n) is 5.75. The standard InChI is InChI=1S/C24H26FN5O3S/c1-16-26-21-6-5-20(12-22(21)34-16)32-15-19(31)13-29-7-9-30(10-8-29)14-23-27-24(33-28-23)17-3-2-4-18(25)11-17/h2-6,11-12,19,31H,7-10,13-15H2,1H3/t19-/m0/s1. The van der Waals surface area contributed by atoms with Gasteiger partial charge in [-0.05, 0) is 43.3 Å². The molecule has 1 aliphatic heterocycles. The van der Waals surface area contributed by atoms with Crippen LogP contribution in [-0.2, 0) is 6.54 Å². The third kappa shape index (κ3) is 5.58. The van der Waals surface area contributed by atoms with Crippen molar-refractivity contribution >= 4 is 21.6 Å². The molecule has 34 heavy (non-hydrogen) atoms.